The number of urea groups is 1. The van der Waals surface area contributed by atoms with Crippen molar-refractivity contribution in [3.63, 3.8) is 0 Å². The maximum atomic E-state index is 14.6. The topological polar surface area (TPSA) is 107 Å². The minimum absolute atomic E-state index is 0.0580. The van der Waals surface area contributed by atoms with E-state index in [1.54, 1.807) is 36.4 Å². The van der Waals surface area contributed by atoms with Gasteiger partial charge in [-0.3, -0.25) is 4.98 Å². The van der Waals surface area contributed by atoms with Crippen molar-refractivity contribution in [1.82, 2.24) is 15.6 Å². The van der Waals surface area contributed by atoms with Crippen molar-refractivity contribution in [2.45, 2.75) is 18.1 Å². The molecule has 0 saturated heterocycles. The number of alkyl halides is 3. The highest BCUT2D eigenvalue weighted by Crippen LogP contribution is 2.37. The average Bonchev–Trinajstić information content (AvgIpc) is 2.86. The van der Waals surface area contributed by atoms with Gasteiger partial charge in [0.15, 0.2) is 0 Å². The van der Waals surface area contributed by atoms with E-state index < -0.39 is 29.1 Å². The second-order valence-electron chi connectivity index (χ2n) is 7.98. The molecule has 2 aromatic carbocycles. The van der Waals surface area contributed by atoms with Crippen molar-refractivity contribution in [3.05, 3.63) is 95.1 Å². The number of rotatable bonds is 10. The van der Waals surface area contributed by atoms with E-state index in [1.165, 1.54) is 12.3 Å². The highest BCUT2D eigenvalue weighted by molar-refractivity contribution is 5.76. The van der Waals surface area contributed by atoms with Gasteiger partial charge in [-0.05, 0) is 41.5 Å². The number of hydrogen-bond donors (Lipinski definition) is 5. The predicted molar refractivity (Wildman–Crippen MR) is 126 cm³/mol. The predicted octanol–water partition coefficient (Wildman–Crippen LogP) is 3.42. The van der Waals surface area contributed by atoms with E-state index in [2.05, 4.69) is 20.9 Å². The number of nitrogens with one attached hydrogen (secondary N) is 3. The Balaban J connectivity index is 2.23. The fourth-order valence-electron chi connectivity index (χ4n) is 3.78. The Hall–Kier alpha value is -3.70. The van der Waals surface area contributed by atoms with Gasteiger partial charge in [-0.1, -0.05) is 30.3 Å². The summed E-state index contributed by atoms with van der Waals surface area (Å²) in [6.45, 7) is -0.352. The fourth-order valence-corrected chi connectivity index (χ4v) is 3.78. The number of aromatic nitrogens is 1. The van der Waals surface area contributed by atoms with Crippen LogP contribution in [0.3, 0.4) is 0 Å². The van der Waals surface area contributed by atoms with Crippen LogP contribution >= 0.6 is 0 Å². The van der Waals surface area contributed by atoms with Gasteiger partial charge >= 0.3 is 12.2 Å². The van der Waals surface area contributed by atoms with Gasteiger partial charge in [0.2, 0.25) is 0 Å². The second-order valence-corrected chi connectivity index (χ2v) is 7.98. The first-order valence-corrected chi connectivity index (χ1v) is 11.1. The van der Waals surface area contributed by atoms with Gasteiger partial charge in [-0.25, -0.2) is 9.18 Å². The van der Waals surface area contributed by atoms with E-state index in [0.29, 0.717) is 17.3 Å². The van der Waals surface area contributed by atoms with Crippen molar-refractivity contribution in [1.29, 1.82) is 0 Å². The van der Waals surface area contributed by atoms with Crippen LogP contribution in [0.15, 0.2) is 66.9 Å². The van der Waals surface area contributed by atoms with Gasteiger partial charge in [0.25, 0.3) is 0 Å². The smallest absolute Gasteiger partial charge is 0.395 e. The maximum absolute atomic E-state index is 14.6. The number of nitrogens with zero attached hydrogens (tertiary/aromatic N) is 1. The van der Waals surface area contributed by atoms with Crippen molar-refractivity contribution >= 4 is 11.7 Å². The Bertz CT molecular complexity index is 1140. The number of hydrogen-bond acceptors (Lipinski definition) is 5. The number of aliphatic hydroxyl groups excluding tert-OH is 2. The van der Waals surface area contributed by atoms with E-state index in [1.807, 2.05) is 0 Å². The zero-order valence-electron chi connectivity index (χ0n) is 19.1. The van der Waals surface area contributed by atoms with E-state index >= 15 is 0 Å². The highest BCUT2D eigenvalue weighted by Gasteiger charge is 2.41. The highest BCUT2D eigenvalue weighted by atomic mass is 19.4. The van der Waals surface area contributed by atoms with E-state index in [9.17, 15) is 22.4 Å². The van der Waals surface area contributed by atoms with Crippen molar-refractivity contribution < 1.29 is 32.6 Å². The molecule has 1 atom stereocenters. The van der Waals surface area contributed by atoms with E-state index in [0.717, 1.165) is 12.1 Å². The van der Waals surface area contributed by atoms with E-state index in [4.69, 9.17) is 10.2 Å². The lowest BCUT2D eigenvalue weighted by Gasteiger charge is -2.36. The molecule has 3 aromatic rings. The number of halogens is 4. The van der Waals surface area contributed by atoms with Crippen LogP contribution in [0.4, 0.5) is 28.0 Å². The molecule has 192 valence electrons. The molecule has 2 amide bonds. The van der Waals surface area contributed by atoms with Gasteiger partial charge in [0, 0.05) is 19.5 Å². The number of carbonyl (C=O) groups excluding carboxylic acids is 1. The first-order chi connectivity index (χ1) is 17.2. The minimum atomic E-state index is -4.83. The minimum Gasteiger partial charge on any atom is -0.395 e. The Labute approximate surface area is 205 Å². The maximum Gasteiger partial charge on any atom is 0.416 e. The van der Waals surface area contributed by atoms with Crippen LogP contribution in [-0.4, -0.2) is 47.5 Å². The molecule has 0 bridgehead atoms. The zero-order chi connectivity index (χ0) is 26.2. The normalized spacial score (nSPS) is 13.1. The molecule has 7 nitrogen and oxygen atoms in total. The van der Waals surface area contributed by atoms with Crippen LogP contribution in [0.25, 0.3) is 0 Å². The lowest BCUT2D eigenvalue weighted by Crippen LogP contribution is -2.53. The van der Waals surface area contributed by atoms with Crippen LogP contribution in [0, 0.1) is 5.82 Å². The van der Waals surface area contributed by atoms with Crippen LogP contribution in [0.2, 0.25) is 0 Å². The van der Waals surface area contributed by atoms with Crippen LogP contribution < -0.4 is 16.0 Å². The molecule has 0 aliphatic heterocycles. The molecule has 1 aromatic heterocycles. The third kappa shape index (κ3) is 6.70. The van der Waals surface area contributed by atoms with Gasteiger partial charge < -0.3 is 26.2 Å². The van der Waals surface area contributed by atoms with Crippen molar-refractivity contribution in [2.24, 2.45) is 0 Å². The molecule has 1 unspecified atom stereocenters. The molecule has 0 fully saturated rings. The monoisotopic (exact) mass is 506 g/mol. The lowest BCUT2D eigenvalue weighted by molar-refractivity contribution is -0.137. The first-order valence-electron chi connectivity index (χ1n) is 11.1. The molecule has 0 spiro atoms. The molecule has 0 aliphatic carbocycles. The molecular formula is C25H26F4N4O3. The zero-order valence-corrected chi connectivity index (χ0v) is 19.1. The van der Waals surface area contributed by atoms with Crippen LogP contribution in [0.5, 0.6) is 0 Å². The summed E-state index contributed by atoms with van der Waals surface area (Å²) >= 11 is 0. The lowest BCUT2D eigenvalue weighted by atomic mass is 9.79. The van der Waals surface area contributed by atoms with Gasteiger partial charge in [0.05, 0.1) is 36.4 Å². The van der Waals surface area contributed by atoms with Crippen LogP contribution in [0.1, 0.15) is 22.4 Å². The molecule has 11 heteroatoms. The molecular weight excluding hydrogens is 480 g/mol. The summed E-state index contributed by atoms with van der Waals surface area (Å²) in [4.78, 5) is 17.2. The molecule has 0 aliphatic rings. The van der Waals surface area contributed by atoms with Crippen molar-refractivity contribution in [2.75, 3.05) is 31.6 Å². The SMILES string of the molecule is O=C(NCCO)NC(Cc1ccccc1)(c1cc(F)cc(C(F)(F)F)c1)c1ccc(NCCO)cn1. The average molecular weight is 507 g/mol. The number of anilines is 1. The summed E-state index contributed by atoms with van der Waals surface area (Å²) in [5.74, 6) is -1.13. The molecule has 3 rings (SSSR count). The third-order valence-corrected chi connectivity index (χ3v) is 5.40. The summed E-state index contributed by atoms with van der Waals surface area (Å²) in [7, 11) is 0. The summed E-state index contributed by atoms with van der Waals surface area (Å²) in [6.07, 6.45) is -3.49. The molecule has 0 saturated carbocycles. The quantitative estimate of drug-likeness (QED) is 0.271. The molecule has 1 heterocycles. The molecule has 0 radical (unpaired) electrons. The largest absolute Gasteiger partial charge is 0.416 e. The number of pyridine rings is 1. The standard InChI is InChI=1S/C25H26F4N4O3/c26-20-13-18(12-19(14-20)25(27,28)29)24(33-23(36)31-9-11-35,15-17-4-2-1-3-5-17)22-7-6-21(16-32-22)30-8-10-34/h1-7,12-14,16,30,34-35H,8-11,15H2,(H2,31,33,36). The summed E-state index contributed by atoms with van der Waals surface area (Å²) in [5.41, 5.74) is -1.78. The molecule has 36 heavy (non-hydrogen) atoms. The van der Waals surface area contributed by atoms with Crippen molar-refractivity contribution in [3.8, 4) is 0 Å². The number of carbonyl (C=O) groups is 1. The van der Waals surface area contributed by atoms with Gasteiger partial charge in [0.1, 0.15) is 11.4 Å². The second kappa shape index (κ2) is 11.8. The van der Waals surface area contributed by atoms with E-state index in [-0.39, 0.29) is 44.0 Å². The number of aliphatic hydroxyl groups is 2. The molecule has 5 N–H and O–H groups in total. The van der Waals surface area contributed by atoms with Gasteiger partial charge in [-0.15, -0.1) is 0 Å². The van der Waals surface area contributed by atoms with Crippen LogP contribution in [-0.2, 0) is 18.1 Å². The number of amides is 2. The summed E-state index contributed by atoms with van der Waals surface area (Å²) in [5, 5.41) is 26.2. The number of benzene rings is 2. The summed E-state index contributed by atoms with van der Waals surface area (Å²) < 4.78 is 55.5. The Morgan fingerprint density at radius 3 is 2.22 bits per heavy atom. The summed E-state index contributed by atoms with van der Waals surface area (Å²) in [6, 6.07) is 13.1. The Kier molecular flexibility index (Phi) is 8.83. The van der Waals surface area contributed by atoms with Gasteiger partial charge in [-0.2, -0.15) is 13.2 Å². The fraction of sp³-hybridized carbons (Fsp3) is 0.280. The Morgan fingerprint density at radius 2 is 1.61 bits per heavy atom. The third-order valence-electron chi connectivity index (χ3n) is 5.40. The first kappa shape index (κ1) is 26.9. The Morgan fingerprint density at radius 1 is 0.917 bits per heavy atom.